The Bertz CT molecular complexity index is 542. The third kappa shape index (κ3) is 2.21. The molecule has 2 rings (SSSR count). The Morgan fingerprint density at radius 2 is 1.90 bits per heavy atom. The van der Waals surface area contributed by atoms with Gasteiger partial charge in [0.05, 0.1) is 19.6 Å². The Morgan fingerprint density at radius 3 is 2.25 bits per heavy atom. The van der Waals surface area contributed by atoms with Crippen molar-refractivity contribution in [3.8, 4) is 11.5 Å². The van der Waals surface area contributed by atoms with Gasteiger partial charge in [0, 0.05) is 5.56 Å². The second kappa shape index (κ2) is 4.65. The molecule has 0 amide bonds. The molecule has 0 radical (unpaired) electrons. The minimum atomic E-state index is -1.58. The van der Waals surface area contributed by atoms with Crippen LogP contribution in [0.25, 0.3) is 0 Å². The summed E-state index contributed by atoms with van der Waals surface area (Å²) < 4.78 is 24.8. The summed E-state index contributed by atoms with van der Waals surface area (Å²) in [6.07, 6.45) is 1.05. The summed E-state index contributed by atoms with van der Waals surface area (Å²) in [5.74, 6) is -0.176. The minimum Gasteiger partial charge on any atom is -0.493 e. The molecule has 110 valence electrons. The lowest BCUT2D eigenvalue weighted by Gasteiger charge is -2.22. The standard InChI is InChI=1S/C15H19FO4/c1-14(2,16)9-7-10(15(5-6-15)13(17)18)12(20-4)11(8-9)19-3/h7-8H,5-6H2,1-4H3,(H,17,18). The van der Waals surface area contributed by atoms with Gasteiger partial charge >= 0.3 is 5.97 Å². The van der Waals surface area contributed by atoms with E-state index in [2.05, 4.69) is 0 Å². The maximum Gasteiger partial charge on any atom is 0.314 e. The second-order valence-electron chi connectivity index (χ2n) is 5.62. The normalized spacial score (nSPS) is 16.6. The molecule has 0 aromatic heterocycles. The molecule has 1 saturated carbocycles. The fourth-order valence-corrected chi connectivity index (χ4v) is 2.39. The predicted molar refractivity (Wildman–Crippen MR) is 72.2 cm³/mol. The molecule has 1 aromatic rings. The van der Waals surface area contributed by atoms with Crippen LogP contribution in [0.2, 0.25) is 0 Å². The average molecular weight is 282 g/mol. The van der Waals surface area contributed by atoms with E-state index in [1.165, 1.54) is 28.1 Å². The van der Waals surface area contributed by atoms with Gasteiger partial charge in [-0.05, 0) is 44.4 Å². The van der Waals surface area contributed by atoms with E-state index in [1.54, 1.807) is 12.1 Å². The van der Waals surface area contributed by atoms with Crippen molar-refractivity contribution in [1.82, 2.24) is 0 Å². The Morgan fingerprint density at radius 1 is 1.30 bits per heavy atom. The van der Waals surface area contributed by atoms with Crippen LogP contribution >= 0.6 is 0 Å². The topological polar surface area (TPSA) is 55.8 Å². The van der Waals surface area contributed by atoms with E-state index in [9.17, 15) is 14.3 Å². The quantitative estimate of drug-likeness (QED) is 0.902. The van der Waals surface area contributed by atoms with Crippen molar-refractivity contribution in [3.05, 3.63) is 23.3 Å². The first-order valence-electron chi connectivity index (χ1n) is 6.45. The molecule has 0 unspecified atom stereocenters. The number of ether oxygens (including phenoxy) is 2. The first-order valence-corrected chi connectivity index (χ1v) is 6.45. The zero-order chi connectivity index (χ0) is 15.1. The van der Waals surface area contributed by atoms with Crippen molar-refractivity contribution in [1.29, 1.82) is 0 Å². The SMILES string of the molecule is COc1cc(C(C)(C)F)cc(C2(C(=O)O)CC2)c1OC. The Kier molecular flexibility index (Phi) is 3.40. The van der Waals surface area contributed by atoms with Crippen LogP contribution in [0.5, 0.6) is 11.5 Å². The van der Waals surface area contributed by atoms with E-state index in [-0.39, 0.29) is 0 Å². The molecule has 1 fully saturated rings. The third-order valence-corrected chi connectivity index (χ3v) is 3.84. The lowest BCUT2D eigenvalue weighted by molar-refractivity contribution is -0.140. The molecule has 0 spiro atoms. The van der Waals surface area contributed by atoms with E-state index >= 15 is 0 Å². The number of methoxy groups -OCH3 is 2. The highest BCUT2D eigenvalue weighted by Gasteiger charge is 2.54. The number of hydrogen-bond donors (Lipinski definition) is 1. The number of halogens is 1. The van der Waals surface area contributed by atoms with E-state index in [0.29, 0.717) is 35.5 Å². The van der Waals surface area contributed by atoms with Crippen molar-refractivity contribution in [2.75, 3.05) is 14.2 Å². The van der Waals surface area contributed by atoms with Gasteiger partial charge < -0.3 is 14.6 Å². The molecule has 1 aromatic carbocycles. The fourth-order valence-electron chi connectivity index (χ4n) is 2.39. The summed E-state index contributed by atoms with van der Waals surface area (Å²) in [5.41, 5.74) is -1.67. The Labute approximate surface area is 117 Å². The van der Waals surface area contributed by atoms with Crippen molar-refractivity contribution < 1.29 is 23.8 Å². The molecule has 0 bridgehead atoms. The van der Waals surface area contributed by atoms with Gasteiger partial charge in [-0.3, -0.25) is 4.79 Å². The van der Waals surface area contributed by atoms with Crippen molar-refractivity contribution >= 4 is 5.97 Å². The third-order valence-electron chi connectivity index (χ3n) is 3.84. The number of rotatable bonds is 5. The number of carbonyl (C=O) groups is 1. The number of aliphatic carboxylic acids is 1. The molecule has 1 aliphatic rings. The van der Waals surface area contributed by atoms with E-state index < -0.39 is 17.1 Å². The van der Waals surface area contributed by atoms with Gasteiger partial charge in [-0.25, -0.2) is 4.39 Å². The van der Waals surface area contributed by atoms with Crippen molar-refractivity contribution in [2.24, 2.45) is 0 Å². The number of benzene rings is 1. The van der Waals surface area contributed by atoms with Crippen LogP contribution in [0.15, 0.2) is 12.1 Å². The smallest absolute Gasteiger partial charge is 0.314 e. The first kappa shape index (κ1) is 14.6. The van der Waals surface area contributed by atoms with E-state index in [0.717, 1.165) is 0 Å². The maximum atomic E-state index is 14.2. The van der Waals surface area contributed by atoms with Crippen molar-refractivity contribution in [3.63, 3.8) is 0 Å². The minimum absolute atomic E-state index is 0.359. The monoisotopic (exact) mass is 282 g/mol. The number of carboxylic acids is 1. The average Bonchev–Trinajstić information content (AvgIpc) is 3.17. The van der Waals surface area contributed by atoms with Crippen LogP contribution in [0.4, 0.5) is 4.39 Å². The highest BCUT2D eigenvalue weighted by atomic mass is 19.1. The molecule has 0 saturated heterocycles. The van der Waals surface area contributed by atoms with Gasteiger partial charge in [0.25, 0.3) is 0 Å². The summed E-state index contributed by atoms with van der Waals surface area (Å²) in [5, 5.41) is 9.44. The largest absolute Gasteiger partial charge is 0.493 e. The van der Waals surface area contributed by atoms with Gasteiger partial charge in [0.1, 0.15) is 5.67 Å². The molecule has 1 aliphatic carbocycles. The van der Waals surface area contributed by atoms with Gasteiger partial charge in [0.15, 0.2) is 11.5 Å². The zero-order valence-electron chi connectivity index (χ0n) is 12.1. The van der Waals surface area contributed by atoms with Gasteiger partial charge in [-0.1, -0.05) is 0 Å². The molecule has 1 N–H and O–H groups in total. The van der Waals surface area contributed by atoms with Crippen LogP contribution in [0, 0.1) is 0 Å². The molecule has 5 heteroatoms. The van der Waals surface area contributed by atoms with E-state index in [1.807, 2.05) is 0 Å². The summed E-state index contributed by atoms with van der Waals surface area (Å²) in [6.45, 7) is 2.86. The molecule has 4 nitrogen and oxygen atoms in total. The molecule has 0 atom stereocenters. The second-order valence-corrected chi connectivity index (χ2v) is 5.62. The number of hydrogen-bond acceptors (Lipinski definition) is 3. The molecule has 0 aliphatic heterocycles. The van der Waals surface area contributed by atoms with Crippen LogP contribution < -0.4 is 9.47 Å². The van der Waals surface area contributed by atoms with Gasteiger partial charge in [-0.15, -0.1) is 0 Å². The summed E-state index contributed by atoms with van der Waals surface area (Å²) in [4.78, 5) is 11.5. The molecule has 0 heterocycles. The van der Waals surface area contributed by atoms with Crippen LogP contribution in [0.1, 0.15) is 37.8 Å². The Hall–Kier alpha value is -1.78. The summed E-state index contributed by atoms with van der Waals surface area (Å²) >= 11 is 0. The lowest BCUT2D eigenvalue weighted by atomic mass is 9.89. The highest BCUT2D eigenvalue weighted by molar-refractivity contribution is 5.86. The summed E-state index contributed by atoms with van der Waals surface area (Å²) in [6, 6.07) is 3.14. The van der Waals surface area contributed by atoms with Crippen LogP contribution in [-0.4, -0.2) is 25.3 Å². The molecular weight excluding hydrogens is 263 g/mol. The number of alkyl halides is 1. The van der Waals surface area contributed by atoms with Crippen molar-refractivity contribution in [2.45, 2.75) is 37.8 Å². The van der Waals surface area contributed by atoms with Gasteiger partial charge in [-0.2, -0.15) is 0 Å². The Balaban J connectivity index is 2.68. The predicted octanol–water partition coefficient (Wildman–Crippen LogP) is 3.02. The zero-order valence-corrected chi connectivity index (χ0v) is 12.1. The van der Waals surface area contributed by atoms with E-state index in [4.69, 9.17) is 9.47 Å². The summed E-state index contributed by atoms with van der Waals surface area (Å²) in [7, 11) is 2.91. The maximum absolute atomic E-state index is 14.2. The first-order chi connectivity index (χ1) is 9.26. The van der Waals surface area contributed by atoms with Crippen LogP contribution in [-0.2, 0) is 15.9 Å². The number of carboxylic acid groups (broad SMARTS) is 1. The fraction of sp³-hybridized carbons (Fsp3) is 0.533. The van der Waals surface area contributed by atoms with Crippen LogP contribution in [0.3, 0.4) is 0 Å². The molecule has 20 heavy (non-hydrogen) atoms. The lowest BCUT2D eigenvalue weighted by Crippen LogP contribution is -2.22. The van der Waals surface area contributed by atoms with Gasteiger partial charge in [0.2, 0.25) is 0 Å². The molecular formula is C15H19FO4. The highest BCUT2D eigenvalue weighted by Crippen LogP contribution is 2.54.